The zero-order valence-electron chi connectivity index (χ0n) is 16.4. The lowest BCUT2D eigenvalue weighted by atomic mass is 10.1. The summed E-state index contributed by atoms with van der Waals surface area (Å²) in [5.74, 6) is -1.11. The first-order valence-corrected chi connectivity index (χ1v) is 8.61. The molecule has 0 saturated heterocycles. The highest BCUT2D eigenvalue weighted by atomic mass is 16.6. The Bertz CT molecular complexity index is 1080. The molecule has 2 aromatic carbocycles. The summed E-state index contributed by atoms with van der Waals surface area (Å²) in [6.45, 7) is 1.45. The summed E-state index contributed by atoms with van der Waals surface area (Å²) in [6, 6.07) is 7.33. The van der Waals surface area contributed by atoms with Gasteiger partial charge in [0.2, 0.25) is 5.91 Å². The van der Waals surface area contributed by atoms with Crippen molar-refractivity contribution in [2.24, 2.45) is 5.10 Å². The van der Waals surface area contributed by atoms with E-state index in [0.717, 1.165) is 12.1 Å². The number of methoxy groups -OCH3 is 1. The van der Waals surface area contributed by atoms with Crippen LogP contribution in [-0.4, -0.2) is 34.5 Å². The molecule has 0 aliphatic heterocycles. The van der Waals surface area contributed by atoms with Gasteiger partial charge in [-0.2, -0.15) is 5.10 Å². The number of hydrogen-bond donors (Lipinski definition) is 3. The van der Waals surface area contributed by atoms with Gasteiger partial charge in [-0.25, -0.2) is 5.43 Å². The molecule has 0 fully saturated rings. The highest BCUT2D eigenvalue weighted by Crippen LogP contribution is 2.29. The molecule has 4 N–H and O–H groups in total. The number of carbonyl (C=O) groups is 2. The summed E-state index contributed by atoms with van der Waals surface area (Å²) in [4.78, 5) is 45.0. The van der Waals surface area contributed by atoms with Crippen molar-refractivity contribution in [2.75, 3.05) is 18.2 Å². The smallest absolute Gasteiger partial charge is 0.296 e. The van der Waals surface area contributed by atoms with E-state index in [1.54, 1.807) is 0 Å². The molecule has 0 atom stereocenters. The Morgan fingerprint density at radius 2 is 1.84 bits per heavy atom. The molecule has 2 amide bonds. The van der Waals surface area contributed by atoms with Crippen molar-refractivity contribution in [3.8, 4) is 5.75 Å². The van der Waals surface area contributed by atoms with Gasteiger partial charge in [0.15, 0.2) is 0 Å². The second-order valence-electron chi connectivity index (χ2n) is 6.22. The minimum Gasteiger partial charge on any atom is -0.496 e. The van der Waals surface area contributed by atoms with E-state index in [1.807, 2.05) is 0 Å². The Morgan fingerprint density at radius 3 is 2.45 bits per heavy atom. The van der Waals surface area contributed by atoms with Gasteiger partial charge in [0, 0.05) is 23.5 Å². The van der Waals surface area contributed by atoms with E-state index < -0.39 is 21.7 Å². The topological polar surface area (TPSA) is 192 Å². The molecule has 0 bridgehead atoms. The van der Waals surface area contributed by atoms with Crippen molar-refractivity contribution in [1.82, 2.24) is 5.43 Å². The van der Waals surface area contributed by atoms with Crippen LogP contribution in [0.2, 0.25) is 0 Å². The molecule has 13 heteroatoms. The van der Waals surface area contributed by atoms with E-state index in [-0.39, 0.29) is 46.2 Å². The van der Waals surface area contributed by atoms with E-state index in [0.29, 0.717) is 0 Å². The highest BCUT2D eigenvalue weighted by molar-refractivity contribution is 6.07. The van der Waals surface area contributed by atoms with Gasteiger partial charge in [-0.1, -0.05) is 0 Å². The van der Waals surface area contributed by atoms with E-state index in [2.05, 4.69) is 15.8 Å². The number of non-ortho nitro benzene ring substituents is 1. The normalized spacial score (nSPS) is 10.8. The molecule has 0 unspecified atom stereocenters. The highest BCUT2D eigenvalue weighted by Gasteiger charge is 2.18. The van der Waals surface area contributed by atoms with Crippen LogP contribution in [0, 0.1) is 20.2 Å². The third-order valence-corrected chi connectivity index (χ3v) is 3.85. The number of rotatable bonds is 8. The number of ether oxygens (including phenoxy) is 1. The minimum absolute atomic E-state index is 0.0281. The Hall–Kier alpha value is -4.55. The number of nitro benzene ring substituents is 2. The standard InChI is InChI=1S/C18H18N6O7/c1-10(21-22-18(26)11-6-12(19)8-13(7-11)23(27)28)5-17(25)20-15-4-3-14(31-2)9-16(15)24(29)30/h3-4,6-9H,5,19H2,1-2H3,(H,20,25)(H,22,26)/b21-10-. The number of nitro groups is 2. The number of hydrazone groups is 1. The molecule has 162 valence electrons. The molecule has 0 aliphatic rings. The van der Waals surface area contributed by atoms with Gasteiger partial charge in [-0.05, 0) is 25.1 Å². The number of carbonyl (C=O) groups excluding carboxylic acids is 2. The Labute approximate surface area is 175 Å². The Balaban J connectivity index is 2.04. The molecule has 0 spiro atoms. The zero-order valence-corrected chi connectivity index (χ0v) is 16.4. The molecule has 2 rings (SSSR count). The van der Waals surface area contributed by atoms with Crippen LogP contribution >= 0.6 is 0 Å². The van der Waals surface area contributed by atoms with E-state index >= 15 is 0 Å². The van der Waals surface area contributed by atoms with Crippen molar-refractivity contribution in [2.45, 2.75) is 13.3 Å². The van der Waals surface area contributed by atoms with E-state index in [4.69, 9.17) is 10.5 Å². The lowest BCUT2D eigenvalue weighted by Crippen LogP contribution is -2.22. The first kappa shape index (κ1) is 22.7. The number of benzene rings is 2. The van der Waals surface area contributed by atoms with Crippen LogP contribution < -0.4 is 21.2 Å². The molecule has 0 heterocycles. The largest absolute Gasteiger partial charge is 0.496 e. The fourth-order valence-corrected chi connectivity index (χ4v) is 2.44. The SMILES string of the molecule is COc1ccc(NC(=O)C/C(C)=N\NC(=O)c2cc(N)cc([N+](=O)[O-])c2)c([N+](=O)[O-])c1. The van der Waals surface area contributed by atoms with E-state index in [9.17, 15) is 29.8 Å². The van der Waals surface area contributed by atoms with Crippen LogP contribution in [0.15, 0.2) is 41.5 Å². The first-order valence-electron chi connectivity index (χ1n) is 8.61. The molecule has 0 aromatic heterocycles. The van der Waals surface area contributed by atoms with Crippen LogP contribution in [0.3, 0.4) is 0 Å². The molecular formula is C18H18N6O7. The van der Waals surface area contributed by atoms with E-state index in [1.165, 1.54) is 38.3 Å². The van der Waals surface area contributed by atoms with Crippen molar-refractivity contribution >= 4 is 40.3 Å². The summed E-state index contributed by atoms with van der Waals surface area (Å²) >= 11 is 0. The second-order valence-corrected chi connectivity index (χ2v) is 6.22. The predicted molar refractivity (Wildman–Crippen MR) is 111 cm³/mol. The maximum atomic E-state index is 12.2. The molecule has 13 nitrogen and oxygen atoms in total. The summed E-state index contributed by atoms with van der Waals surface area (Å²) in [5.41, 5.74) is 7.12. The summed E-state index contributed by atoms with van der Waals surface area (Å²) in [5, 5.41) is 28.2. The number of hydrogen-bond acceptors (Lipinski definition) is 9. The molecule has 0 saturated carbocycles. The number of nitrogens with two attached hydrogens (primary N) is 1. The van der Waals surface area contributed by atoms with Crippen LogP contribution in [0.1, 0.15) is 23.7 Å². The van der Waals surface area contributed by atoms with Crippen molar-refractivity contribution in [1.29, 1.82) is 0 Å². The molecule has 0 aliphatic carbocycles. The van der Waals surface area contributed by atoms with Gasteiger partial charge in [-0.15, -0.1) is 0 Å². The van der Waals surface area contributed by atoms with Crippen molar-refractivity contribution < 1.29 is 24.2 Å². The number of anilines is 2. The summed E-state index contributed by atoms with van der Waals surface area (Å²) in [6.07, 6.45) is -0.277. The fraction of sp³-hybridized carbons (Fsp3) is 0.167. The summed E-state index contributed by atoms with van der Waals surface area (Å²) in [7, 11) is 1.35. The third-order valence-electron chi connectivity index (χ3n) is 3.85. The van der Waals surface area contributed by atoms with Gasteiger partial charge >= 0.3 is 0 Å². The van der Waals surface area contributed by atoms with Gasteiger partial charge in [-0.3, -0.25) is 29.8 Å². The molecule has 31 heavy (non-hydrogen) atoms. The lowest BCUT2D eigenvalue weighted by Gasteiger charge is -2.08. The van der Waals surface area contributed by atoms with Crippen LogP contribution in [0.5, 0.6) is 5.75 Å². The fourth-order valence-electron chi connectivity index (χ4n) is 2.44. The number of nitrogens with one attached hydrogen (secondary N) is 2. The maximum Gasteiger partial charge on any atom is 0.296 e. The van der Waals surface area contributed by atoms with Crippen molar-refractivity contribution in [3.05, 3.63) is 62.2 Å². The maximum absolute atomic E-state index is 12.2. The van der Waals surface area contributed by atoms with Gasteiger partial charge in [0.25, 0.3) is 17.3 Å². The predicted octanol–water partition coefficient (Wildman–Crippen LogP) is 2.23. The molecular weight excluding hydrogens is 412 g/mol. The van der Waals surface area contributed by atoms with Gasteiger partial charge < -0.3 is 15.8 Å². The minimum atomic E-state index is -0.763. The number of nitrogens with zero attached hydrogens (tertiary/aromatic N) is 3. The van der Waals surface area contributed by atoms with Gasteiger partial charge in [0.1, 0.15) is 11.4 Å². The Kier molecular flexibility index (Phi) is 7.17. The van der Waals surface area contributed by atoms with Crippen LogP contribution in [0.4, 0.5) is 22.7 Å². The Morgan fingerprint density at radius 1 is 1.13 bits per heavy atom. The van der Waals surface area contributed by atoms with Crippen LogP contribution in [0.25, 0.3) is 0 Å². The van der Waals surface area contributed by atoms with Crippen LogP contribution in [-0.2, 0) is 4.79 Å². The molecule has 2 aromatic rings. The number of nitrogen functional groups attached to an aromatic ring is 1. The average Bonchev–Trinajstić information content (AvgIpc) is 2.71. The average molecular weight is 430 g/mol. The quantitative estimate of drug-likeness (QED) is 0.245. The molecule has 0 radical (unpaired) electrons. The monoisotopic (exact) mass is 430 g/mol. The zero-order chi connectivity index (χ0) is 23.1. The lowest BCUT2D eigenvalue weighted by molar-refractivity contribution is -0.384. The second kappa shape index (κ2) is 9.78. The summed E-state index contributed by atoms with van der Waals surface area (Å²) < 4.78 is 4.93. The number of amides is 2. The third kappa shape index (κ3) is 6.22. The van der Waals surface area contributed by atoms with Crippen molar-refractivity contribution in [3.63, 3.8) is 0 Å². The van der Waals surface area contributed by atoms with Gasteiger partial charge in [0.05, 0.1) is 35.0 Å². The first-order chi connectivity index (χ1) is 14.6.